The van der Waals surface area contributed by atoms with E-state index in [9.17, 15) is 9.59 Å². The van der Waals surface area contributed by atoms with Crippen molar-refractivity contribution in [2.24, 2.45) is 0 Å². The molecule has 3 aromatic rings. The zero-order valence-electron chi connectivity index (χ0n) is 12.8. The van der Waals surface area contributed by atoms with Crippen molar-refractivity contribution in [3.8, 4) is 17.0 Å². The van der Waals surface area contributed by atoms with Gasteiger partial charge in [0.1, 0.15) is 6.61 Å². The van der Waals surface area contributed by atoms with E-state index >= 15 is 0 Å². The van der Waals surface area contributed by atoms with Crippen molar-refractivity contribution in [3.63, 3.8) is 0 Å². The van der Waals surface area contributed by atoms with E-state index in [4.69, 9.17) is 9.15 Å². The van der Waals surface area contributed by atoms with Gasteiger partial charge in [-0.15, -0.1) is 0 Å². The van der Waals surface area contributed by atoms with Crippen molar-refractivity contribution in [1.29, 1.82) is 0 Å². The third-order valence-corrected chi connectivity index (χ3v) is 3.46. The Morgan fingerprint density at radius 1 is 1.17 bits per heavy atom. The van der Waals surface area contributed by atoms with Crippen molar-refractivity contribution in [2.75, 3.05) is 6.61 Å². The first-order valence-electron chi connectivity index (χ1n) is 7.18. The van der Waals surface area contributed by atoms with Crippen LogP contribution in [0.25, 0.3) is 22.2 Å². The SMILES string of the molecule is CC(=O)COc1ccc2c(-c3ccccc3)c(C)c(=O)oc2n1. The number of nitrogens with zero attached hydrogens (tertiary/aromatic N) is 1. The molecule has 0 saturated carbocycles. The molecule has 0 atom stereocenters. The Balaban J connectivity index is 2.18. The van der Waals surface area contributed by atoms with Gasteiger partial charge < -0.3 is 9.15 Å². The summed E-state index contributed by atoms with van der Waals surface area (Å²) in [5, 5.41) is 0.725. The highest BCUT2D eigenvalue weighted by Gasteiger charge is 2.14. The molecule has 5 heteroatoms. The van der Waals surface area contributed by atoms with Crippen molar-refractivity contribution in [2.45, 2.75) is 13.8 Å². The van der Waals surface area contributed by atoms with E-state index in [1.165, 1.54) is 6.92 Å². The average molecular weight is 309 g/mol. The number of rotatable bonds is 4. The molecule has 116 valence electrons. The van der Waals surface area contributed by atoms with E-state index in [2.05, 4.69) is 4.98 Å². The molecule has 2 aromatic heterocycles. The largest absolute Gasteiger partial charge is 0.470 e. The van der Waals surface area contributed by atoms with Crippen LogP contribution < -0.4 is 10.4 Å². The minimum atomic E-state index is -0.437. The quantitative estimate of drug-likeness (QED) is 0.740. The minimum Gasteiger partial charge on any atom is -0.470 e. The number of ketones is 1. The lowest BCUT2D eigenvalue weighted by molar-refractivity contribution is -0.119. The highest BCUT2D eigenvalue weighted by Crippen LogP contribution is 2.30. The van der Waals surface area contributed by atoms with Crippen LogP contribution in [0.5, 0.6) is 5.88 Å². The predicted molar refractivity (Wildman–Crippen MR) is 86.6 cm³/mol. The predicted octanol–water partition coefficient (Wildman–Crippen LogP) is 3.13. The van der Waals surface area contributed by atoms with E-state index in [0.29, 0.717) is 5.56 Å². The summed E-state index contributed by atoms with van der Waals surface area (Å²) in [5.41, 5.74) is 2.00. The second-order valence-electron chi connectivity index (χ2n) is 5.25. The van der Waals surface area contributed by atoms with Crippen molar-refractivity contribution < 1.29 is 13.9 Å². The van der Waals surface area contributed by atoms with Gasteiger partial charge in [0.15, 0.2) is 5.78 Å². The first-order valence-corrected chi connectivity index (χ1v) is 7.18. The monoisotopic (exact) mass is 309 g/mol. The summed E-state index contributed by atoms with van der Waals surface area (Å²) in [6.07, 6.45) is 0. The summed E-state index contributed by atoms with van der Waals surface area (Å²) in [6, 6.07) is 13.0. The zero-order valence-corrected chi connectivity index (χ0v) is 12.8. The Morgan fingerprint density at radius 3 is 2.61 bits per heavy atom. The van der Waals surface area contributed by atoms with E-state index in [1.807, 2.05) is 30.3 Å². The molecule has 0 spiro atoms. The molecule has 5 nitrogen and oxygen atoms in total. The van der Waals surface area contributed by atoms with Gasteiger partial charge in [0, 0.05) is 22.6 Å². The maximum atomic E-state index is 12.1. The second-order valence-corrected chi connectivity index (χ2v) is 5.25. The van der Waals surface area contributed by atoms with Crippen LogP contribution in [0.15, 0.2) is 51.7 Å². The number of hydrogen-bond donors (Lipinski definition) is 0. The van der Waals surface area contributed by atoms with Gasteiger partial charge in [0.05, 0.1) is 0 Å². The lowest BCUT2D eigenvalue weighted by Crippen LogP contribution is -2.09. The van der Waals surface area contributed by atoms with Crippen LogP contribution in [0, 0.1) is 6.92 Å². The highest BCUT2D eigenvalue weighted by molar-refractivity contribution is 5.93. The number of ether oxygens (including phenoxy) is 1. The van der Waals surface area contributed by atoms with Gasteiger partial charge >= 0.3 is 5.63 Å². The molecular formula is C18H15NO4. The van der Waals surface area contributed by atoms with Crippen molar-refractivity contribution >= 4 is 16.9 Å². The normalized spacial score (nSPS) is 10.7. The Kier molecular flexibility index (Phi) is 3.93. The Bertz CT molecular complexity index is 929. The fourth-order valence-electron chi connectivity index (χ4n) is 2.39. The molecule has 0 N–H and O–H groups in total. The molecule has 0 bridgehead atoms. The average Bonchev–Trinajstić information content (AvgIpc) is 2.55. The van der Waals surface area contributed by atoms with Crippen molar-refractivity contribution in [1.82, 2.24) is 4.98 Å². The smallest absolute Gasteiger partial charge is 0.341 e. The van der Waals surface area contributed by atoms with Crippen LogP contribution in [0.2, 0.25) is 0 Å². The maximum Gasteiger partial charge on any atom is 0.341 e. The molecule has 23 heavy (non-hydrogen) atoms. The van der Waals surface area contributed by atoms with Gasteiger partial charge in [-0.1, -0.05) is 30.3 Å². The summed E-state index contributed by atoms with van der Waals surface area (Å²) in [5.74, 6) is 0.140. The number of carbonyl (C=O) groups excluding carboxylic acids is 1. The van der Waals surface area contributed by atoms with Crippen LogP contribution in [0.1, 0.15) is 12.5 Å². The van der Waals surface area contributed by atoms with Crippen LogP contribution in [-0.4, -0.2) is 17.4 Å². The molecule has 0 unspecified atom stereocenters. The van der Waals surface area contributed by atoms with E-state index < -0.39 is 5.63 Å². The molecule has 2 heterocycles. The number of hydrogen-bond acceptors (Lipinski definition) is 5. The molecule has 0 amide bonds. The molecule has 1 aromatic carbocycles. The summed E-state index contributed by atoms with van der Waals surface area (Å²) >= 11 is 0. The van der Waals surface area contributed by atoms with Gasteiger partial charge in [-0.05, 0) is 25.5 Å². The lowest BCUT2D eigenvalue weighted by atomic mass is 9.99. The Labute approximate surface area is 132 Å². The topological polar surface area (TPSA) is 69.4 Å². The Morgan fingerprint density at radius 2 is 1.91 bits per heavy atom. The van der Waals surface area contributed by atoms with E-state index in [0.717, 1.165) is 16.5 Å². The summed E-state index contributed by atoms with van der Waals surface area (Å²) < 4.78 is 10.5. The number of benzene rings is 1. The molecule has 3 rings (SSSR count). The van der Waals surface area contributed by atoms with Crippen LogP contribution >= 0.6 is 0 Å². The number of pyridine rings is 1. The zero-order chi connectivity index (χ0) is 16.4. The molecule has 0 aliphatic carbocycles. The van der Waals surface area contributed by atoms with Gasteiger partial charge in [-0.25, -0.2) is 4.79 Å². The van der Waals surface area contributed by atoms with Gasteiger partial charge in [-0.3, -0.25) is 4.79 Å². The third-order valence-electron chi connectivity index (χ3n) is 3.46. The first-order chi connectivity index (χ1) is 11.1. The van der Waals surface area contributed by atoms with Crippen LogP contribution in [0.4, 0.5) is 0 Å². The molecule has 0 fully saturated rings. The first kappa shape index (κ1) is 15.0. The maximum absolute atomic E-state index is 12.1. The van der Waals surface area contributed by atoms with E-state index in [-0.39, 0.29) is 24.0 Å². The van der Waals surface area contributed by atoms with Gasteiger partial charge in [0.25, 0.3) is 0 Å². The fourth-order valence-corrected chi connectivity index (χ4v) is 2.39. The van der Waals surface area contributed by atoms with E-state index in [1.54, 1.807) is 19.1 Å². The minimum absolute atomic E-state index is 0.0693. The second kappa shape index (κ2) is 6.04. The van der Waals surface area contributed by atoms with Gasteiger partial charge in [-0.2, -0.15) is 4.98 Å². The standard InChI is InChI=1S/C18H15NO4/c1-11(20)10-22-15-9-8-14-16(13-6-4-3-5-7-13)12(2)18(21)23-17(14)19-15/h3-9H,10H2,1-2H3. The number of carbonyl (C=O) groups is 1. The Hall–Kier alpha value is -2.95. The molecule has 0 saturated heterocycles. The molecule has 0 aliphatic rings. The van der Waals surface area contributed by atoms with Crippen molar-refractivity contribution in [3.05, 3.63) is 58.4 Å². The number of fused-ring (bicyclic) bond motifs is 1. The summed E-state index contributed by atoms with van der Waals surface area (Å²) in [4.78, 5) is 27.3. The third kappa shape index (κ3) is 2.99. The molecule has 0 radical (unpaired) electrons. The lowest BCUT2D eigenvalue weighted by Gasteiger charge is -2.10. The fraction of sp³-hybridized carbons (Fsp3) is 0.167. The number of aromatic nitrogens is 1. The molecular weight excluding hydrogens is 294 g/mol. The highest BCUT2D eigenvalue weighted by atomic mass is 16.5. The summed E-state index contributed by atoms with van der Waals surface area (Å²) in [6.45, 7) is 3.09. The van der Waals surface area contributed by atoms with Crippen LogP contribution in [-0.2, 0) is 4.79 Å². The number of Topliss-reactive ketones (excluding diaryl/α,β-unsaturated/α-hetero) is 1. The van der Waals surface area contributed by atoms with Gasteiger partial charge in [0.2, 0.25) is 11.6 Å². The summed E-state index contributed by atoms with van der Waals surface area (Å²) in [7, 11) is 0. The molecule has 0 aliphatic heterocycles. The van der Waals surface area contributed by atoms with Crippen LogP contribution in [0.3, 0.4) is 0 Å².